The largest absolute Gasteiger partial charge is 0.276 e. The lowest BCUT2D eigenvalue weighted by Gasteiger charge is -2.38. The van der Waals surface area contributed by atoms with Crippen LogP contribution in [0.1, 0.15) is 31.7 Å². The van der Waals surface area contributed by atoms with E-state index in [4.69, 9.17) is 0 Å². The lowest BCUT2D eigenvalue weighted by atomic mass is 9.93. The summed E-state index contributed by atoms with van der Waals surface area (Å²) in [6.45, 7) is 5.75. The Kier molecular flexibility index (Phi) is 5.68. The third-order valence-corrected chi connectivity index (χ3v) is 4.90. The average Bonchev–Trinajstić information content (AvgIpc) is 2.67. The van der Waals surface area contributed by atoms with Crippen LogP contribution in [0.5, 0.6) is 0 Å². The molecule has 3 rings (SSSR count). The van der Waals surface area contributed by atoms with Crippen LogP contribution in [0.2, 0.25) is 0 Å². The summed E-state index contributed by atoms with van der Waals surface area (Å²) in [5.41, 5.74) is 1.56. The molecular weight excluding hydrogens is 356 g/mol. The first-order chi connectivity index (χ1) is 13.4. The number of carbonyl (C=O) groups excluding carboxylic acids is 4. The topological polar surface area (TPSA) is 74.8 Å². The second-order valence-electron chi connectivity index (χ2n) is 6.81. The van der Waals surface area contributed by atoms with Crippen LogP contribution in [0, 0.1) is 0 Å². The van der Waals surface area contributed by atoms with Crippen LogP contribution in [-0.2, 0) is 25.7 Å². The molecule has 2 aliphatic heterocycles. The molecule has 0 aliphatic carbocycles. The molecule has 0 radical (unpaired) electrons. The zero-order valence-electron chi connectivity index (χ0n) is 15.8. The first kappa shape index (κ1) is 19.5. The molecule has 0 aromatic heterocycles. The van der Waals surface area contributed by atoms with Gasteiger partial charge in [0.2, 0.25) is 11.8 Å². The quantitative estimate of drug-likeness (QED) is 0.596. The number of rotatable bonds is 4. The smallest absolute Gasteiger partial charge is 0.261 e. The Hall–Kier alpha value is -3.28. The van der Waals surface area contributed by atoms with E-state index in [0.29, 0.717) is 11.1 Å². The maximum absolute atomic E-state index is 13.0. The minimum absolute atomic E-state index is 0.0223. The summed E-state index contributed by atoms with van der Waals surface area (Å²) in [6, 6.07) is 8.18. The van der Waals surface area contributed by atoms with Gasteiger partial charge in [0.15, 0.2) is 0 Å². The van der Waals surface area contributed by atoms with Crippen LogP contribution in [-0.4, -0.2) is 39.5 Å². The van der Waals surface area contributed by atoms with Crippen molar-refractivity contribution in [2.24, 2.45) is 0 Å². The third kappa shape index (κ3) is 3.71. The summed E-state index contributed by atoms with van der Waals surface area (Å²) in [4.78, 5) is 53.0. The molecule has 2 fully saturated rings. The highest BCUT2D eigenvalue weighted by Gasteiger charge is 2.45. The number of likely N-dealkylation sites (tertiary alicyclic amines) is 2. The Balaban J connectivity index is 1.88. The van der Waals surface area contributed by atoms with E-state index < -0.39 is 23.8 Å². The van der Waals surface area contributed by atoms with Gasteiger partial charge >= 0.3 is 0 Å². The maximum Gasteiger partial charge on any atom is 0.261 e. The molecule has 0 unspecified atom stereocenters. The normalized spacial score (nSPS) is 22.7. The minimum atomic E-state index is -0.969. The zero-order valence-corrected chi connectivity index (χ0v) is 15.8. The number of nitrogens with zero attached hydrogens (tertiary/aromatic N) is 2. The number of imide groups is 2. The van der Waals surface area contributed by atoms with Gasteiger partial charge in [-0.2, -0.15) is 0 Å². The number of allylic oxidation sites excluding steroid dienone is 3. The van der Waals surface area contributed by atoms with Crippen molar-refractivity contribution in [3.63, 3.8) is 0 Å². The summed E-state index contributed by atoms with van der Waals surface area (Å²) < 4.78 is 0. The molecule has 1 atom stereocenters. The van der Waals surface area contributed by atoms with Crippen LogP contribution in [0.4, 0.5) is 0 Å². The van der Waals surface area contributed by atoms with E-state index in [1.807, 2.05) is 37.3 Å². The molecule has 0 saturated carbocycles. The molecule has 2 heterocycles. The van der Waals surface area contributed by atoms with Gasteiger partial charge in [0.1, 0.15) is 6.04 Å². The number of hydrogen-bond donors (Lipinski definition) is 0. The van der Waals surface area contributed by atoms with Gasteiger partial charge in [-0.25, -0.2) is 0 Å². The fraction of sp³-hybridized carbons (Fsp3) is 0.273. The highest BCUT2D eigenvalue weighted by Crippen LogP contribution is 2.29. The minimum Gasteiger partial charge on any atom is -0.276 e. The molecule has 0 N–H and O–H groups in total. The van der Waals surface area contributed by atoms with Crippen LogP contribution in [0.3, 0.4) is 0 Å². The van der Waals surface area contributed by atoms with Gasteiger partial charge in [0, 0.05) is 12.0 Å². The molecule has 28 heavy (non-hydrogen) atoms. The number of carbonyl (C=O) groups is 4. The summed E-state index contributed by atoms with van der Waals surface area (Å²) in [5.74, 6) is -1.80. The lowest BCUT2D eigenvalue weighted by Crippen LogP contribution is -2.58. The molecule has 6 heteroatoms. The van der Waals surface area contributed by atoms with Gasteiger partial charge in [-0.05, 0) is 30.6 Å². The van der Waals surface area contributed by atoms with Gasteiger partial charge in [0.25, 0.3) is 11.8 Å². The SMILES string of the molecule is C=C1CC(=O)N([C@@H]2CCC(=O)N(Cc3ccccc3)C2=O)C(=O)/C1=C/C=C\C. The van der Waals surface area contributed by atoms with Gasteiger partial charge in [-0.1, -0.05) is 49.1 Å². The van der Waals surface area contributed by atoms with Crippen LogP contribution in [0.25, 0.3) is 0 Å². The van der Waals surface area contributed by atoms with Gasteiger partial charge in [-0.15, -0.1) is 0 Å². The Morgan fingerprint density at radius 1 is 1.11 bits per heavy atom. The van der Waals surface area contributed by atoms with Crippen molar-refractivity contribution in [3.05, 3.63) is 71.8 Å². The van der Waals surface area contributed by atoms with E-state index in [2.05, 4.69) is 6.58 Å². The summed E-state index contributed by atoms with van der Waals surface area (Å²) in [5, 5.41) is 0. The predicted octanol–water partition coefficient (Wildman–Crippen LogP) is 2.52. The molecule has 2 saturated heterocycles. The molecule has 0 spiro atoms. The third-order valence-electron chi connectivity index (χ3n) is 4.90. The summed E-state index contributed by atoms with van der Waals surface area (Å²) >= 11 is 0. The monoisotopic (exact) mass is 378 g/mol. The number of amides is 4. The first-order valence-electron chi connectivity index (χ1n) is 9.19. The molecule has 2 aliphatic rings. The maximum atomic E-state index is 13.0. The number of hydrogen-bond acceptors (Lipinski definition) is 4. The number of benzene rings is 1. The summed E-state index contributed by atoms with van der Waals surface area (Å²) in [7, 11) is 0. The highest BCUT2D eigenvalue weighted by atomic mass is 16.2. The van der Waals surface area contributed by atoms with Crippen molar-refractivity contribution in [2.75, 3.05) is 0 Å². The van der Waals surface area contributed by atoms with E-state index in [1.54, 1.807) is 18.2 Å². The van der Waals surface area contributed by atoms with Crippen molar-refractivity contribution < 1.29 is 19.2 Å². The van der Waals surface area contributed by atoms with Gasteiger partial charge in [-0.3, -0.25) is 29.0 Å². The number of piperidine rings is 2. The van der Waals surface area contributed by atoms with Crippen molar-refractivity contribution in [1.29, 1.82) is 0 Å². The highest BCUT2D eigenvalue weighted by molar-refractivity contribution is 6.15. The van der Waals surface area contributed by atoms with E-state index >= 15 is 0 Å². The molecule has 6 nitrogen and oxygen atoms in total. The molecule has 144 valence electrons. The molecular formula is C22H22N2O4. The van der Waals surface area contributed by atoms with Crippen LogP contribution < -0.4 is 0 Å². The van der Waals surface area contributed by atoms with E-state index in [0.717, 1.165) is 15.4 Å². The van der Waals surface area contributed by atoms with Crippen molar-refractivity contribution in [2.45, 2.75) is 38.8 Å². The van der Waals surface area contributed by atoms with Gasteiger partial charge in [0.05, 0.1) is 13.0 Å². The molecule has 0 bridgehead atoms. The van der Waals surface area contributed by atoms with E-state index in [1.165, 1.54) is 0 Å². The molecule has 1 aromatic rings. The fourth-order valence-corrected chi connectivity index (χ4v) is 3.45. The molecule has 1 aromatic carbocycles. The second kappa shape index (κ2) is 8.17. The van der Waals surface area contributed by atoms with E-state index in [-0.39, 0.29) is 31.7 Å². The Bertz CT molecular complexity index is 898. The Labute approximate surface area is 163 Å². The predicted molar refractivity (Wildman–Crippen MR) is 104 cm³/mol. The zero-order chi connectivity index (χ0) is 20.3. The van der Waals surface area contributed by atoms with Crippen molar-refractivity contribution >= 4 is 23.6 Å². The van der Waals surface area contributed by atoms with E-state index in [9.17, 15) is 19.2 Å². The van der Waals surface area contributed by atoms with Gasteiger partial charge < -0.3 is 0 Å². The van der Waals surface area contributed by atoms with Crippen LogP contribution in [0.15, 0.2) is 66.3 Å². The van der Waals surface area contributed by atoms with Crippen LogP contribution >= 0.6 is 0 Å². The first-order valence-corrected chi connectivity index (χ1v) is 9.19. The Morgan fingerprint density at radius 2 is 1.82 bits per heavy atom. The average molecular weight is 378 g/mol. The Morgan fingerprint density at radius 3 is 2.50 bits per heavy atom. The standard InChI is InChI=1S/C22H22N2O4/c1-3-4-10-17-15(2)13-20(26)24(21(17)27)18-11-12-19(25)23(22(18)28)14-16-8-6-5-7-9-16/h3-10,18H,2,11-14H2,1H3/b4-3-,17-10+/t18-/m1/s1. The van der Waals surface area contributed by atoms with Crippen molar-refractivity contribution in [1.82, 2.24) is 9.80 Å². The second-order valence-corrected chi connectivity index (χ2v) is 6.81. The fourth-order valence-electron chi connectivity index (χ4n) is 3.45. The molecule has 4 amide bonds. The van der Waals surface area contributed by atoms with Crippen molar-refractivity contribution in [3.8, 4) is 0 Å². The lowest BCUT2D eigenvalue weighted by molar-refractivity contribution is -0.162. The summed E-state index contributed by atoms with van der Waals surface area (Å²) in [6.07, 6.45) is 5.29.